The Hall–Kier alpha value is -1.40. The number of aryl methyl sites for hydroxylation is 1. The highest BCUT2D eigenvalue weighted by Gasteiger charge is 2.13. The van der Waals surface area contributed by atoms with E-state index in [4.69, 9.17) is 0 Å². The summed E-state index contributed by atoms with van der Waals surface area (Å²) in [5.74, 6) is 0. The Balaban J connectivity index is 0.00000192. The van der Waals surface area contributed by atoms with Crippen molar-refractivity contribution in [3.8, 4) is 0 Å². The Morgan fingerprint density at radius 2 is 1.35 bits per heavy atom. The number of hydrogen-bond acceptors (Lipinski definition) is 2. The van der Waals surface area contributed by atoms with E-state index in [0.29, 0.717) is 0 Å². The standard InChI is InChI=1S/C19H24N3.HI/c1-20-11-9-18(10-12-20)4-3-17-5-7-19(8-6-17)22-15-13-21(2)14-16-22;/h3-12H,13-16H2,1-2H3;1H/q+1;/p-1. The van der Waals surface area contributed by atoms with Crippen LogP contribution >= 0.6 is 0 Å². The fraction of sp³-hybridized carbons (Fsp3) is 0.316. The van der Waals surface area contributed by atoms with Crippen LogP contribution in [-0.2, 0) is 7.05 Å². The van der Waals surface area contributed by atoms with Gasteiger partial charge in [0.15, 0.2) is 12.4 Å². The quantitative estimate of drug-likeness (QED) is 0.486. The second-order valence-electron chi connectivity index (χ2n) is 6.01. The van der Waals surface area contributed by atoms with Crippen LogP contribution in [-0.4, -0.2) is 38.1 Å². The predicted octanol–water partition coefficient (Wildman–Crippen LogP) is -0.563. The minimum atomic E-state index is 0. The van der Waals surface area contributed by atoms with Crippen LogP contribution in [0.1, 0.15) is 11.1 Å². The van der Waals surface area contributed by atoms with Crippen molar-refractivity contribution in [3.05, 3.63) is 59.9 Å². The van der Waals surface area contributed by atoms with Crippen molar-refractivity contribution in [2.24, 2.45) is 7.05 Å². The predicted molar refractivity (Wildman–Crippen MR) is 92.7 cm³/mol. The van der Waals surface area contributed by atoms with Gasteiger partial charge in [-0.2, -0.15) is 0 Å². The molecule has 0 bridgehead atoms. The molecule has 3 nitrogen and oxygen atoms in total. The smallest absolute Gasteiger partial charge is 0.169 e. The van der Waals surface area contributed by atoms with Crippen LogP contribution in [0.5, 0.6) is 0 Å². The van der Waals surface area contributed by atoms with Crippen molar-refractivity contribution >= 4 is 17.8 Å². The lowest BCUT2D eigenvalue weighted by Gasteiger charge is -2.34. The molecule has 0 radical (unpaired) electrons. The first-order chi connectivity index (χ1) is 10.7. The molecule has 0 spiro atoms. The molecule has 122 valence electrons. The Kier molecular flexibility index (Phi) is 6.59. The second kappa shape index (κ2) is 8.45. The maximum absolute atomic E-state index is 2.46. The lowest BCUT2D eigenvalue weighted by molar-refractivity contribution is -0.671. The minimum Gasteiger partial charge on any atom is -1.00 e. The molecule has 4 heteroatoms. The monoisotopic (exact) mass is 421 g/mol. The summed E-state index contributed by atoms with van der Waals surface area (Å²) in [6.07, 6.45) is 8.46. The van der Waals surface area contributed by atoms with Gasteiger partial charge in [-0.05, 0) is 30.3 Å². The summed E-state index contributed by atoms with van der Waals surface area (Å²) in [7, 11) is 4.22. The molecule has 0 saturated carbocycles. The molecule has 0 amide bonds. The molecule has 0 atom stereocenters. The second-order valence-corrected chi connectivity index (χ2v) is 6.01. The normalized spacial score (nSPS) is 15.7. The van der Waals surface area contributed by atoms with Gasteiger partial charge in [-0.3, -0.25) is 0 Å². The lowest BCUT2D eigenvalue weighted by Crippen LogP contribution is -3.00. The molecule has 1 aliphatic rings. The highest BCUT2D eigenvalue weighted by Crippen LogP contribution is 2.18. The topological polar surface area (TPSA) is 10.4 Å². The number of piperazine rings is 1. The molecule has 0 N–H and O–H groups in total. The molecule has 0 aliphatic carbocycles. The van der Waals surface area contributed by atoms with Crippen molar-refractivity contribution in [2.45, 2.75) is 0 Å². The van der Waals surface area contributed by atoms with Crippen LogP contribution in [0, 0.1) is 0 Å². The van der Waals surface area contributed by atoms with Gasteiger partial charge in [-0.25, -0.2) is 4.57 Å². The number of rotatable bonds is 3. The maximum atomic E-state index is 2.46. The van der Waals surface area contributed by atoms with Gasteiger partial charge in [0.25, 0.3) is 0 Å². The summed E-state index contributed by atoms with van der Waals surface area (Å²) in [6, 6.07) is 13.1. The van der Waals surface area contributed by atoms with E-state index >= 15 is 0 Å². The van der Waals surface area contributed by atoms with E-state index in [1.165, 1.54) is 16.8 Å². The van der Waals surface area contributed by atoms with E-state index in [1.807, 2.05) is 11.6 Å². The lowest BCUT2D eigenvalue weighted by atomic mass is 10.1. The fourth-order valence-corrected chi connectivity index (χ4v) is 2.68. The van der Waals surface area contributed by atoms with Gasteiger partial charge in [-0.1, -0.05) is 24.3 Å². The number of hydrogen-bond donors (Lipinski definition) is 0. The molecular formula is C19H24IN3. The molecule has 1 saturated heterocycles. The minimum absolute atomic E-state index is 0. The van der Waals surface area contributed by atoms with Crippen molar-refractivity contribution in [1.29, 1.82) is 0 Å². The maximum Gasteiger partial charge on any atom is 0.169 e. The highest BCUT2D eigenvalue weighted by molar-refractivity contribution is 5.70. The third-order valence-corrected chi connectivity index (χ3v) is 4.23. The first-order valence-electron chi connectivity index (χ1n) is 7.88. The molecule has 1 fully saturated rings. The Labute approximate surface area is 156 Å². The third-order valence-electron chi connectivity index (χ3n) is 4.23. The van der Waals surface area contributed by atoms with Crippen LogP contribution in [0.4, 0.5) is 5.69 Å². The molecule has 1 aliphatic heterocycles. The third kappa shape index (κ3) is 5.04. The van der Waals surface area contributed by atoms with E-state index in [2.05, 4.69) is 77.8 Å². The van der Waals surface area contributed by atoms with Gasteiger partial charge in [0.2, 0.25) is 0 Å². The Morgan fingerprint density at radius 3 is 1.91 bits per heavy atom. The average Bonchev–Trinajstić information content (AvgIpc) is 2.56. The number of halogens is 1. The van der Waals surface area contributed by atoms with Gasteiger partial charge in [0, 0.05) is 44.0 Å². The molecule has 23 heavy (non-hydrogen) atoms. The molecule has 0 unspecified atom stereocenters. The molecule has 1 aromatic carbocycles. The number of anilines is 1. The average molecular weight is 421 g/mol. The zero-order valence-electron chi connectivity index (χ0n) is 13.8. The first kappa shape index (κ1) is 17.9. The van der Waals surface area contributed by atoms with E-state index < -0.39 is 0 Å². The zero-order valence-corrected chi connectivity index (χ0v) is 16.0. The van der Waals surface area contributed by atoms with Gasteiger partial charge in [0.05, 0.1) is 0 Å². The molecule has 2 aromatic rings. The van der Waals surface area contributed by atoms with Crippen LogP contribution in [0.15, 0.2) is 48.8 Å². The summed E-state index contributed by atoms with van der Waals surface area (Å²) in [6.45, 7) is 4.53. The molecule has 1 aromatic heterocycles. The van der Waals surface area contributed by atoms with Gasteiger partial charge < -0.3 is 33.8 Å². The number of likely N-dealkylation sites (N-methyl/N-ethyl adjacent to an activating group) is 1. The molecule has 2 heterocycles. The van der Waals surface area contributed by atoms with Crippen LogP contribution in [0.2, 0.25) is 0 Å². The Morgan fingerprint density at radius 1 is 0.826 bits per heavy atom. The van der Waals surface area contributed by atoms with E-state index in [1.54, 1.807) is 0 Å². The van der Waals surface area contributed by atoms with Crippen LogP contribution in [0.25, 0.3) is 12.2 Å². The summed E-state index contributed by atoms with van der Waals surface area (Å²) in [5.41, 5.74) is 3.80. The van der Waals surface area contributed by atoms with E-state index in [0.717, 1.165) is 26.2 Å². The first-order valence-corrected chi connectivity index (χ1v) is 7.88. The van der Waals surface area contributed by atoms with E-state index in [9.17, 15) is 0 Å². The van der Waals surface area contributed by atoms with Crippen LogP contribution in [0.3, 0.4) is 0 Å². The molecular weight excluding hydrogens is 397 g/mol. The van der Waals surface area contributed by atoms with Gasteiger partial charge in [-0.15, -0.1) is 0 Å². The van der Waals surface area contributed by atoms with Gasteiger partial charge in [0.1, 0.15) is 7.05 Å². The van der Waals surface area contributed by atoms with Gasteiger partial charge >= 0.3 is 0 Å². The number of aromatic nitrogens is 1. The summed E-state index contributed by atoms with van der Waals surface area (Å²) >= 11 is 0. The largest absolute Gasteiger partial charge is 1.00 e. The highest BCUT2D eigenvalue weighted by atomic mass is 127. The summed E-state index contributed by atoms with van der Waals surface area (Å²) in [5, 5.41) is 0. The number of benzene rings is 1. The van der Waals surface area contributed by atoms with Crippen molar-refractivity contribution < 1.29 is 28.5 Å². The Bertz CT molecular complexity index is 627. The molecule has 3 rings (SSSR count). The summed E-state index contributed by atoms with van der Waals surface area (Å²) in [4.78, 5) is 4.85. The fourth-order valence-electron chi connectivity index (χ4n) is 2.68. The number of nitrogens with zero attached hydrogens (tertiary/aromatic N) is 3. The van der Waals surface area contributed by atoms with Crippen molar-refractivity contribution in [3.63, 3.8) is 0 Å². The number of pyridine rings is 1. The zero-order chi connectivity index (χ0) is 15.4. The van der Waals surface area contributed by atoms with Crippen molar-refractivity contribution in [2.75, 3.05) is 38.1 Å². The van der Waals surface area contributed by atoms with Crippen LogP contribution < -0.4 is 33.4 Å². The SMILES string of the molecule is CN1CCN(c2ccc(C=Cc3cc[n+](C)cc3)cc2)CC1.[I-]. The van der Waals surface area contributed by atoms with E-state index in [-0.39, 0.29) is 24.0 Å². The van der Waals surface area contributed by atoms with Crippen molar-refractivity contribution in [1.82, 2.24) is 4.90 Å². The summed E-state index contributed by atoms with van der Waals surface area (Å²) < 4.78 is 2.04.